The molecule has 1 unspecified atom stereocenters. The van der Waals surface area contributed by atoms with Gasteiger partial charge in [-0.05, 0) is 43.2 Å². The van der Waals surface area contributed by atoms with E-state index in [2.05, 4.69) is 9.71 Å². The highest BCUT2D eigenvalue weighted by molar-refractivity contribution is 7.89. The minimum absolute atomic E-state index is 0.0441. The average Bonchev–Trinajstić information content (AvgIpc) is 3.07. The smallest absolute Gasteiger partial charge is 0.259 e. The molecule has 2 aromatic heterocycles. The number of nitrogens with one attached hydrogen (secondary N) is 1. The van der Waals surface area contributed by atoms with Crippen LogP contribution in [0.2, 0.25) is 0 Å². The first-order valence-corrected chi connectivity index (χ1v) is 8.93. The van der Waals surface area contributed by atoms with Crippen LogP contribution in [0, 0.1) is 0 Å². The summed E-state index contributed by atoms with van der Waals surface area (Å²) in [7, 11) is -3.74. The zero-order valence-corrected chi connectivity index (χ0v) is 13.8. The standard InChI is InChI=1S/C13H19N3O3S2/c1-10(2)16-6-12(14-9-16)21(18,19)15-8-13(3,17)11-4-5-20-7-11/h4-7,9-10,15,17H,8H2,1-3H3. The van der Waals surface area contributed by atoms with Crippen molar-refractivity contribution in [2.24, 2.45) is 0 Å². The molecule has 0 amide bonds. The predicted octanol–water partition coefficient (Wildman–Crippen LogP) is 1.71. The van der Waals surface area contributed by atoms with Crippen molar-refractivity contribution in [2.75, 3.05) is 6.54 Å². The van der Waals surface area contributed by atoms with Crippen molar-refractivity contribution in [3.63, 3.8) is 0 Å². The Balaban J connectivity index is 2.11. The van der Waals surface area contributed by atoms with Gasteiger partial charge in [-0.1, -0.05) is 0 Å². The Morgan fingerprint density at radius 2 is 2.24 bits per heavy atom. The molecule has 0 bridgehead atoms. The second-order valence-corrected chi connectivity index (χ2v) is 7.86. The first-order valence-electron chi connectivity index (χ1n) is 6.50. The van der Waals surface area contributed by atoms with Crippen LogP contribution in [0.3, 0.4) is 0 Å². The fourth-order valence-corrected chi connectivity index (χ4v) is 3.57. The summed E-state index contributed by atoms with van der Waals surface area (Å²) in [4.78, 5) is 3.91. The number of nitrogens with zero attached hydrogens (tertiary/aromatic N) is 2. The van der Waals surface area contributed by atoms with Crippen LogP contribution in [0.4, 0.5) is 0 Å². The molecule has 0 aliphatic rings. The number of sulfonamides is 1. The maximum atomic E-state index is 12.2. The number of hydrogen-bond acceptors (Lipinski definition) is 5. The Kier molecular flexibility index (Phi) is 4.52. The molecule has 0 radical (unpaired) electrons. The topological polar surface area (TPSA) is 84.2 Å². The van der Waals surface area contributed by atoms with Crippen LogP contribution in [0.5, 0.6) is 0 Å². The summed E-state index contributed by atoms with van der Waals surface area (Å²) in [6.07, 6.45) is 2.96. The van der Waals surface area contributed by atoms with E-state index >= 15 is 0 Å². The molecule has 116 valence electrons. The zero-order valence-electron chi connectivity index (χ0n) is 12.1. The van der Waals surface area contributed by atoms with E-state index in [1.807, 2.05) is 19.2 Å². The van der Waals surface area contributed by atoms with Gasteiger partial charge in [-0.2, -0.15) is 11.3 Å². The van der Waals surface area contributed by atoms with Crippen molar-refractivity contribution in [3.8, 4) is 0 Å². The van der Waals surface area contributed by atoms with Crippen molar-refractivity contribution < 1.29 is 13.5 Å². The van der Waals surface area contributed by atoms with Gasteiger partial charge in [-0.3, -0.25) is 0 Å². The minimum atomic E-state index is -3.74. The highest BCUT2D eigenvalue weighted by atomic mass is 32.2. The van der Waals surface area contributed by atoms with Crippen molar-refractivity contribution in [2.45, 2.75) is 37.4 Å². The molecular weight excluding hydrogens is 310 g/mol. The van der Waals surface area contributed by atoms with Crippen molar-refractivity contribution in [1.82, 2.24) is 14.3 Å². The lowest BCUT2D eigenvalue weighted by Crippen LogP contribution is -2.38. The molecule has 2 N–H and O–H groups in total. The number of hydrogen-bond donors (Lipinski definition) is 2. The second-order valence-electron chi connectivity index (χ2n) is 5.36. The van der Waals surface area contributed by atoms with Crippen molar-refractivity contribution in [1.29, 1.82) is 0 Å². The Bertz CT molecular complexity index is 688. The third-order valence-electron chi connectivity index (χ3n) is 3.20. The van der Waals surface area contributed by atoms with E-state index in [1.165, 1.54) is 23.9 Å². The summed E-state index contributed by atoms with van der Waals surface area (Å²) >= 11 is 1.45. The molecule has 2 heterocycles. The third kappa shape index (κ3) is 3.70. The quantitative estimate of drug-likeness (QED) is 0.845. The SMILES string of the molecule is CC(C)n1cnc(S(=O)(=O)NCC(C)(O)c2ccsc2)c1. The fraction of sp³-hybridized carbons (Fsp3) is 0.462. The highest BCUT2D eigenvalue weighted by Crippen LogP contribution is 2.22. The van der Waals surface area contributed by atoms with Gasteiger partial charge >= 0.3 is 0 Å². The Hall–Kier alpha value is -1.22. The summed E-state index contributed by atoms with van der Waals surface area (Å²) in [6.45, 7) is 5.34. The molecule has 0 saturated carbocycles. The number of rotatable bonds is 6. The largest absolute Gasteiger partial charge is 0.384 e. The summed E-state index contributed by atoms with van der Waals surface area (Å²) in [5, 5.41) is 13.9. The number of imidazole rings is 1. The van der Waals surface area contributed by atoms with Crippen LogP contribution < -0.4 is 4.72 Å². The zero-order chi connectivity index (χ0) is 15.7. The van der Waals surface area contributed by atoms with E-state index < -0.39 is 15.6 Å². The van der Waals surface area contributed by atoms with E-state index in [-0.39, 0.29) is 17.6 Å². The molecule has 0 aliphatic carbocycles. The molecule has 8 heteroatoms. The normalized spacial score (nSPS) is 15.3. The van der Waals surface area contributed by atoms with E-state index in [4.69, 9.17) is 0 Å². The first-order chi connectivity index (χ1) is 9.72. The lowest BCUT2D eigenvalue weighted by atomic mass is 10.0. The molecule has 0 fully saturated rings. The lowest BCUT2D eigenvalue weighted by molar-refractivity contribution is 0.0632. The Labute approximate surface area is 128 Å². The molecular formula is C13H19N3O3S2. The lowest BCUT2D eigenvalue weighted by Gasteiger charge is -2.22. The van der Waals surface area contributed by atoms with Gasteiger partial charge in [0.25, 0.3) is 10.0 Å². The first kappa shape index (κ1) is 16.2. The van der Waals surface area contributed by atoms with Crippen LogP contribution >= 0.6 is 11.3 Å². The van der Waals surface area contributed by atoms with Crippen molar-refractivity contribution in [3.05, 3.63) is 34.9 Å². The van der Waals surface area contributed by atoms with Gasteiger partial charge in [0.2, 0.25) is 0 Å². The number of aliphatic hydroxyl groups is 1. The van der Waals surface area contributed by atoms with Crippen LogP contribution in [-0.4, -0.2) is 29.6 Å². The van der Waals surface area contributed by atoms with Gasteiger partial charge in [0.05, 0.1) is 6.33 Å². The Morgan fingerprint density at radius 1 is 1.52 bits per heavy atom. The number of aromatic nitrogens is 2. The third-order valence-corrected chi connectivity index (χ3v) is 5.17. The van der Waals surface area contributed by atoms with E-state index in [9.17, 15) is 13.5 Å². The maximum Gasteiger partial charge on any atom is 0.259 e. The van der Waals surface area contributed by atoms with Crippen LogP contribution in [0.15, 0.2) is 34.4 Å². The van der Waals surface area contributed by atoms with Gasteiger partial charge in [0.15, 0.2) is 5.03 Å². The van der Waals surface area contributed by atoms with E-state index in [1.54, 1.807) is 22.9 Å². The van der Waals surface area contributed by atoms with E-state index in [0.717, 1.165) is 0 Å². The van der Waals surface area contributed by atoms with Gasteiger partial charge in [0.1, 0.15) is 5.60 Å². The molecule has 1 atom stereocenters. The summed E-state index contributed by atoms with van der Waals surface area (Å²) in [5.74, 6) is 0. The molecule has 0 aliphatic heterocycles. The van der Waals surface area contributed by atoms with E-state index in [0.29, 0.717) is 5.56 Å². The monoisotopic (exact) mass is 329 g/mol. The average molecular weight is 329 g/mol. The van der Waals surface area contributed by atoms with Gasteiger partial charge in [-0.25, -0.2) is 18.1 Å². The molecule has 0 saturated heterocycles. The van der Waals surface area contributed by atoms with Crippen molar-refractivity contribution >= 4 is 21.4 Å². The Morgan fingerprint density at radius 3 is 2.76 bits per heavy atom. The maximum absolute atomic E-state index is 12.2. The molecule has 2 rings (SSSR count). The molecule has 0 aromatic carbocycles. The van der Waals surface area contributed by atoms with Gasteiger partial charge in [-0.15, -0.1) is 0 Å². The minimum Gasteiger partial charge on any atom is -0.384 e. The summed E-state index contributed by atoms with van der Waals surface area (Å²) in [5.41, 5.74) is -0.573. The van der Waals surface area contributed by atoms with Crippen LogP contribution in [0.25, 0.3) is 0 Å². The predicted molar refractivity (Wildman–Crippen MR) is 81.7 cm³/mol. The van der Waals surface area contributed by atoms with Gasteiger partial charge in [0, 0.05) is 18.8 Å². The molecule has 2 aromatic rings. The molecule has 0 spiro atoms. The second kappa shape index (κ2) is 5.88. The summed E-state index contributed by atoms with van der Waals surface area (Å²) in [6, 6.07) is 1.90. The summed E-state index contributed by atoms with van der Waals surface area (Å²) < 4.78 is 28.5. The van der Waals surface area contributed by atoms with Crippen LogP contribution in [0.1, 0.15) is 32.4 Å². The fourth-order valence-electron chi connectivity index (χ4n) is 1.72. The molecule has 6 nitrogen and oxygen atoms in total. The number of thiophene rings is 1. The van der Waals surface area contributed by atoms with Gasteiger partial charge < -0.3 is 9.67 Å². The highest BCUT2D eigenvalue weighted by Gasteiger charge is 2.27. The molecule has 21 heavy (non-hydrogen) atoms. The van der Waals surface area contributed by atoms with Crippen LogP contribution in [-0.2, 0) is 15.6 Å².